The van der Waals surface area contributed by atoms with Crippen molar-refractivity contribution in [2.45, 2.75) is 17.4 Å². The Balaban J connectivity index is 1.62. The minimum Gasteiger partial charge on any atom is -0.354 e. The van der Waals surface area contributed by atoms with Crippen LogP contribution < -0.4 is 15.4 Å². The molecule has 126 valence electrons. The Morgan fingerprint density at radius 2 is 1.96 bits per heavy atom. The Labute approximate surface area is 140 Å². The SMILES string of the molecule is NS(=O)(=O)c1ccc(C(=O)NC2CCN(c3ccccn3)C2)cc1. The molecule has 1 aliphatic rings. The number of hydrogen-bond donors (Lipinski definition) is 2. The summed E-state index contributed by atoms with van der Waals surface area (Å²) in [7, 11) is -3.75. The minimum absolute atomic E-state index is 0.0127. The van der Waals surface area contributed by atoms with Crippen molar-refractivity contribution >= 4 is 21.7 Å². The summed E-state index contributed by atoms with van der Waals surface area (Å²) >= 11 is 0. The normalized spacial score (nSPS) is 17.7. The van der Waals surface area contributed by atoms with Crippen molar-refractivity contribution in [2.24, 2.45) is 5.14 Å². The monoisotopic (exact) mass is 346 g/mol. The van der Waals surface area contributed by atoms with Crippen molar-refractivity contribution in [3.05, 3.63) is 54.2 Å². The number of nitrogens with two attached hydrogens (primary N) is 1. The maximum absolute atomic E-state index is 12.3. The second-order valence-electron chi connectivity index (χ2n) is 5.66. The van der Waals surface area contributed by atoms with Crippen LogP contribution in [0.5, 0.6) is 0 Å². The van der Waals surface area contributed by atoms with Gasteiger partial charge in [0.05, 0.1) is 4.90 Å². The third-order valence-electron chi connectivity index (χ3n) is 3.94. The standard InChI is InChI=1S/C16H18N4O3S/c17-24(22,23)14-6-4-12(5-7-14)16(21)19-13-8-10-20(11-13)15-3-1-2-9-18-15/h1-7,9,13H,8,10-11H2,(H,19,21)(H2,17,22,23). The summed E-state index contributed by atoms with van der Waals surface area (Å²) in [4.78, 5) is 18.7. The molecule has 0 saturated carbocycles. The van der Waals surface area contributed by atoms with E-state index in [-0.39, 0.29) is 16.8 Å². The predicted octanol–water partition coefficient (Wildman–Crippen LogP) is 0.738. The van der Waals surface area contributed by atoms with Crippen molar-refractivity contribution in [3.63, 3.8) is 0 Å². The molecule has 0 bridgehead atoms. The highest BCUT2D eigenvalue weighted by Crippen LogP contribution is 2.18. The van der Waals surface area contributed by atoms with E-state index in [1.54, 1.807) is 6.20 Å². The van der Waals surface area contributed by atoms with Crippen molar-refractivity contribution < 1.29 is 13.2 Å². The van der Waals surface area contributed by atoms with Crippen LogP contribution in [-0.4, -0.2) is 38.4 Å². The molecule has 7 nitrogen and oxygen atoms in total. The van der Waals surface area contributed by atoms with Gasteiger partial charge in [-0.2, -0.15) is 0 Å². The van der Waals surface area contributed by atoms with Gasteiger partial charge in [-0.25, -0.2) is 18.5 Å². The maximum Gasteiger partial charge on any atom is 0.251 e. The van der Waals surface area contributed by atoms with E-state index >= 15 is 0 Å². The number of benzene rings is 1. The number of aromatic nitrogens is 1. The summed E-state index contributed by atoms with van der Waals surface area (Å²) in [5.41, 5.74) is 0.402. The highest BCUT2D eigenvalue weighted by molar-refractivity contribution is 7.89. The van der Waals surface area contributed by atoms with Gasteiger partial charge in [0.15, 0.2) is 0 Å². The zero-order valence-electron chi connectivity index (χ0n) is 12.9. The van der Waals surface area contributed by atoms with Gasteiger partial charge in [0, 0.05) is 30.9 Å². The van der Waals surface area contributed by atoms with Crippen LogP contribution in [0, 0.1) is 0 Å². The molecule has 1 aromatic carbocycles. The van der Waals surface area contributed by atoms with Crippen LogP contribution in [0.4, 0.5) is 5.82 Å². The number of nitrogens with one attached hydrogen (secondary N) is 1. The van der Waals surface area contributed by atoms with Crippen LogP contribution in [0.3, 0.4) is 0 Å². The molecule has 0 spiro atoms. The van der Waals surface area contributed by atoms with E-state index in [1.165, 1.54) is 24.3 Å². The van der Waals surface area contributed by atoms with Gasteiger partial charge in [0.25, 0.3) is 5.91 Å². The summed E-state index contributed by atoms with van der Waals surface area (Å²) in [5, 5.41) is 8.01. The van der Waals surface area contributed by atoms with Crippen molar-refractivity contribution in [2.75, 3.05) is 18.0 Å². The minimum atomic E-state index is -3.75. The van der Waals surface area contributed by atoms with E-state index in [0.29, 0.717) is 12.1 Å². The van der Waals surface area contributed by atoms with Crippen molar-refractivity contribution in [3.8, 4) is 0 Å². The van der Waals surface area contributed by atoms with Crippen molar-refractivity contribution in [1.82, 2.24) is 10.3 Å². The molecule has 1 saturated heterocycles. The maximum atomic E-state index is 12.3. The zero-order valence-corrected chi connectivity index (χ0v) is 13.7. The van der Waals surface area contributed by atoms with Crippen LogP contribution in [0.1, 0.15) is 16.8 Å². The van der Waals surface area contributed by atoms with Gasteiger partial charge in [-0.1, -0.05) is 6.07 Å². The Kier molecular flexibility index (Phi) is 4.50. The van der Waals surface area contributed by atoms with Crippen LogP contribution in [-0.2, 0) is 10.0 Å². The van der Waals surface area contributed by atoms with Gasteiger partial charge in [-0.05, 0) is 42.8 Å². The van der Waals surface area contributed by atoms with Crippen LogP contribution in [0.25, 0.3) is 0 Å². The molecule has 1 unspecified atom stereocenters. The Morgan fingerprint density at radius 1 is 1.21 bits per heavy atom. The Morgan fingerprint density at radius 3 is 2.58 bits per heavy atom. The van der Waals surface area contributed by atoms with E-state index in [0.717, 1.165) is 18.8 Å². The number of carbonyl (C=O) groups excluding carboxylic acids is 1. The molecule has 2 aromatic rings. The highest BCUT2D eigenvalue weighted by atomic mass is 32.2. The molecule has 1 fully saturated rings. The van der Waals surface area contributed by atoms with E-state index in [9.17, 15) is 13.2 Å². The van der Waals surface area contributed by atoms with E-state index in [1.807, 2.05) is 18.2 Å². The van der Waals surface area contributed by atoms with Gasteiger partial charge in [-0.15, -0.1) is 0 Å². The third kappa shape index (κ3) is 3.72. The molecule has 1 aliphatic heterocycles. The topological polar surface area (TPSA) is 105 Å². The second kappa shape index (κ2) is 6.58. The summed E-state index contributed by atoms with van der Waals surface area (Å²) in [5.74, 6) is 0.663. The lowest BCUT2D eigenvalue weighted by Crippen LogP contribution is -2.37. The lowest BCUT2D eigenvalue weighted by atomic mass is 10.2. The number of amides is 1. The van der Waals surface area contributed by atoms with Crippen LogP contribution >= 0.6 is 0 Å². The molecule has 2 heterocycles. The molecule has 1 atom stereocenters. The smallest absolute Gasteiger partial charge is 0.251 e. The second-order valence-corrected chi connectivity index (χ2v) is 7.22. The van der Waals surface area contributed by atoms with Crippen LogP contribution in [0.15, 0.2) is 53.6 Å². The first kappa shape index (κ1) is 16.4. The molecule has 1 aromatic heterocycles. The molecular formula is C16H18N4O3S. The molecule has 3 rings (SSSR count). The molecule has 0 aliphatic carbocycles. The largest absolute Gasteiger partial charge is 0.354 e. The number of nitrogens with zero attached hydrogens (tertiary/aromatic N) is 2. The van der Waals surface area contributed by atoms with Gasteiger partial charge in [0.2, 0.25) is 10.0 Å². The fourth-order valence-electron chi connectivity index (χ4n) is 2.69. The molecular weight excluding hydrogens is 328 g/mol. The molecule has 0 radical (unpaired) electrons. The number of pyridine rings is 1. The molecule has 24 heavy (non-hydrogen) atoms. The first-order chi connectivity index (χ1) is 11.4. The molecule has 8 heteroatoms. The summed E-state index contributed by atoms with van der Waals surface area (Å²) in [6.07, 6.45) is 2.58. The summed E-state index contributed by atoms with van der Waals surface area (Å²) in [6, 6.07) is 11.3. The van der Waals surface area contributed by atoms with E-state index < -0.39 is 10.0 Å². The Bertz CT molecular complexity index is 822. The quantitative estimate of drug-likeness (QED) is 0.849. The lowest BCUT2D eigenvalue weighted by molar-refractivity contribution is 0.0940. The van der Waals surface area contributed by atoms with Gasteiger partial charge in [-0.3, -0.25) is 4.79 Å². The highest BCUT2D eigenvalue weighted by Gasteiger charge is 2.25. The van der Waals surface area contributed by atoms with Gasteiger partial charge < -0.3 is 10.2 Å². The van der Waals surface area contributed by atoms with E-state index in [2.05, 4.69) is 15.2 Å². The molecule has 1 amide bonds. The number of carbonyl (C=O) groups is 1. The first-order valence-electron chi connectivity index (χ1n) is 7.53. The number of hydrogen-bond acceptors (Lipinski definition) is 5. The summed E-state index contributed by atoms with van der Waals surface area (Å²) in [6.45, 7) is 1.52. The predicted molar refractivity (Wildman–Crippen MR) is 90.1 cm³/mol. The zero-order chi connectivity index (χ0) is 17.2. The van der Waals surface area contributed by atoms with Crippen LogP contribution in [0.2, 0.25) is 0 Å². The number of primary sulfonamides is 1. The van der Waals surface area contributed by atoms with Gasteiger partial charge >= 0.3 is 0 Å². The average Bonchev–Trinajstić information content (AvgIpc) is 3.03. The lowest BCUT2D eigenvalue weighted by Gasteiger charge is -2.17. The first-order valence-corrected chi connectivity index (χ1v) is 9.08. The fourth-order valence-corrected chi connectivity index (χ4v) is 3.21. The molecule has 3 N–H and O–H groups in total. The summed E-state index contributed by atoms with van der Waals surface area (Å²) < 4.78 is 22.5. The fraction of sp³-hybridized carbons (Fsp3) is 0.250. The third-order valence-corrected chi connectivity index (χ3v) is 4.87. The number of sulfonamides is 1. The number of anilines is 1. The Hall–Kier alpha value is -2.45. The van der Waals surface area contributed by atoms with Crippen molar-refractivity contribution in [1.29, 1.82) is 0 Å². The van der Waals surface area contributed by atoms with Gasteiger partial charge in [0.1, 0.15) is 5.82 Å². The number of rotatable bonds is 4. The average molecular weight is 346 g/mol. The van der Waals surface area contributed by atoms with E-state index in [4.69, 9.17) is 5.14 Å².